The van der Waals surface area contributed by atoms with Gasteiger partial charge in [0.25, 0.3) is 5.91 Å². The molecule has 2 amide bonds. The van der Waals surface area contributed by atoms with Crippen LogP contribution in [0.3, 0.4) is 0 Å². The van der Waals surface area contributed by atoms with Crippen molar-refractivity contribution in [3.8, 4) is 0 Å². The minimum atomic E-state index is -0.691. The molecule has 114 valence electrons. The average molecular weight is 304 g/mol. The van der Waals surface area contributed by atoms with Crippen LogP contribution in [0, 0.1) is 11.6 Å². The third kappa shape index (κ3) is 4.37. The third-order valence-electron chi connectivity index (χ3n) is 2.84. The van der Waals surface area contributed by atoms with E-state index in [1.54, 1.807) is 24.3 Å². The zero-order valence-corrected chi connectivity index (χ0v) is 11.8. The maximum atomic E-state index is 13.0. The SMILES string of the molecule is CC(=O)Nc1ccc(C(=O)NCc2cc(F)cc(F)c2)cc1. The first kappa shape index (κ1) is 15.6. The van der Waals surface area contributed by atoms with Gasteiger partial charge in [-0.15, -0.1) is 0 Å². The first-order chi connectivity index (χ1) is 10.4. The van der Waals surface area contributed by atoms with Crippen molar-refractivity contribution in [2.24, 2.45) is 0 Å². The molecule has 0 aliphatic heterocycles. The summed E-state index contributed by atoms with van der Waals surface area (Å²) < 4.78 is 26.1. The Bertz CT molecular complexity index is 680. The number of anilines is 1. The molecule has 22 heavy (non-hydrogen) atoms. The van der Waals surface area contributed by atoms with Crippen molar-refractivity contribution in [1.29, 1.82) is 0 Å². The first-order valence-electron chi connectivity index (χ1n) is 6.55. The van der Waals surface area contributed by atoms with Crippen molar-refractivity contribution in [3.63, 3.8) is 0 Å². The fourth-order valence-electron chi connectivity index (χ4n) is 1.91. The lowest BCUT2D eigenvalue weighted by molar-refractivity contribution is -0.114. The van der Waals surface area contributed by atoms with Crippen molar-refractivity contribution in [2.45, 2.75) is 13.5 Å². The number of benzene rings is 2. The van der Waals surface area contributed by atoms with Crippen LogP contribution in [0.1, 0.15) is 22.8 Å². The number of rotatable bonds is 4. The standard InChI is InChI=1S/C16H14F2N2O2/c1-10(21)20-15-4-2-12(3-5-15)16(22)19-9-11-6-13(17)8-14(18)7-11/h2-8H,9H2,1H3,(H,19,22)(H,20,21). The van der Waals surface area contributed by atoms with Gasteiger partial charge in [-0.2, -0.15) is 0 Å². The molecule has 2 aromatic rings. The molecular weight excluding hydrogens is 290 g/mol. The molecule has 2 aromatic carbocycles. The number of carbonyl (C=O) groups excluding carboxylic acids is 2. The molecule has 0 aliphatic rings. The monoisotopic (exact) mass is 304 g/mol. The van der Waals surface area contributed by atoms with Crippen molar-refractivity contribution in [3.05, 3.63) is 65.2 Å². The topological polar surface area (TPSA) is 58.2 Å². The Morgan fingerprint density at radius 2 is 1.59 bits per heavy atom. The van der Waals surface area contributed by atoms with Crippen molar-refractivity contribution < 1.29 is 18.4 Å². The molecule has 0 bridgehead atoms. The quantitative estimate of drug-likeness (QED) is 0.912. The Labute approximate surface area is 126 Å². The number of amides is 2. The van der Waals surface area contributed by atoms with Crippen LogP contribution >= 0.6 is 0 Å². The highest BCUT2D eigenvalue weighted by Gasteiger charge is 2.07. The molecular formula is C16H14F2N2O2. The van der Waals surface area contributed by atoms with E-state index in [2.05, 4.69) is 10.6 Å². The van der Waals surface area contributed by atoms with Crippen LogP contribution in [0.4, 0.5) is 14.5 Å². The molecule has 0 saturated carbocycles. The van der Waals surface area contributed by atoms with Crippen molar-refractivity contribution in [2.75, 3.05) is 5.32 Å². The minimum Gasteiger partial charge on any atom is -0.348 e. The second-order valence-corrected chi connectivity index (χ2v) is 4.72. The summed E-state index contributed by atoms with van der Waals surface area (Å²) in [6, 6.07) is 9.37. The predicted molar refractivity (Wildman–Crippen MR) is 78.3 cm³/mol. The summed E-state index contributed by atoms with van der Waals surface area (Å²) in [7, 11) is 0. The lowest BCUT2D eigenvalue weighted by Crippen LogP contribution is -2.22. The molecule has 0 aromatic heterocycles. The highest BCUT2D eigenvalue weighted by atomic mass is 19.1. The lowest BCUT2D eigenvalue weighted by Gasteiger charge is -2.07. The molecule has 2 N–H and O–H groups in total. The summed E-state index contributed by atoms with van der Waals surface area (Å²) in [5.74, 6) is -1.96. The molecule has 0 fully saturated rings. The third-order valence-corrected chi connectivity index (χ3v) is 2.84. The molecule has 0 aliphatic carbocycles. The number of hydrogen-bond acceptors (Lipinski definition) is 2. The molecule has 6 heteroatoms. The number of carbonyl (C=O) groups is 2. The van der Waals surface area contributed by atoms with Gasteiger partial charge in [0.05, 0.1) is 0 Å². The summed E-state index contributed by atoms with van der Waals surface area (Å²) in [5.41, 5.74) is 1.29. The van der Waals surface area contributed by atoms with E-state index < -0.39 is 11.6 Å². The zero-order chi connectivity index (χ0) is 16.1. The zero-order valence-electron chi connectivity index (χ0n) is 11.8. The largest absolute Gasteiger partial charge is 0.348 e. The maximum Gasteiger partial charge on any atom is 0.251 e. The van der Waals surface area contributed by atoms with Crippen LogP contribution in [-0.4, -0.2) is 11.8 Å². The van der Waals surface area contributed by atoms with Crippen LogP contribution in [0.5, 0.6) is 0 Å². The van der Waals surface area contributed by atoms with Gasteiger partial charge in [-0.3, -0.25) is 9.59 Å². The predicted octanol–water partition coefficient (Wildman–Crippen LogP) is 2.85. The normalized spacial score (nSPS) is 10.1. The second-order valence-electron chi connectivity index (χ2n) is 4.72. The van der Waals surface area contributed by atoms with Crippen molar-refractivity contribution >= 4 is 17.5 Å². The van der Waals surface area contributed by atoms with Gasteiger partial charge in [0, 0.05) is 30.8 Å². The van der Waals surface area contributed by atoms with E-state index in [1.165, 1.54) is 6.92 Å². The fourth-order valence-corrected chi connectivity index (χ4v) is 1.91. The van der Waals surface area contributed by atoms with E-state index in [0.717, 1.165) is 18.2 Å². The maximum absolute atomic E-state index is 13.0. The highest BCUT2D eigenvalue weighted by Crippen LogP contribution is 2.11. The van der Waals surface area contributed by atoms with E-state index in [9.17, 15) is 18.4 Å². The van der Waals surface area contributed by atoms with Gasteiger partial charge in [0.15, 0.2) is 0 Å². The lowest BCUT2D eigenvalue weighted by atomic mass is 10.1. The van der Waals surface area contributed by atoms with Crippen LogP contribution < -0.4 is 10.6 Å². The molecule has 4 nitrogen and oxygen atoms in total. The fraction of sp³-hybridized carbons (Fsp3) is 0.125. The molecule has 0 saturated heterocycles. The number of halogens is 2. The Morgan fingerprint density at radius 3 is 2.14 bits per heavy atom. The number of nitrogens with one attached hydrogen (secondary N) is 2. The van der Waals surface area contributed by atoms with E-state index in [0.29, 0.717) is 16.8 Å². The molecule has 2 rings (SSSR count). The summed E-state index contributed by atoms with van der Waals surface area (Å²) in [6.45, 7) is 1.40. The summed E-state index contributed by atoms with van der Waals surface area (Å²) in [5, 5.41) is 5.16. The minimum absolute atomic E-state index is 0.0148. The van der Waals surface area contributed by atoms with Crippen molar-refractivity contribution in [1.82, 2.24) is 5.32 Å². The first-order valence-corrected chi connectivity index (χ1v) is 6.55. The Hall–Kier alpha value is -2.76. The van der Waals surface area contributed by atoms with Gasteiger partial charge >= 0.3 is 0 Å². The highest BCUT2D eigenvalue weighted by molar-refractivity contribution is 5.95. The Kier molecular flexibility index (Phi) is 4.83. The van der Waals surface area contributed by atoms with Gasteiger partial charge in [0.2, 0.25) is 5.91 Å². The van der Waals surface area contributed by atoms with Gasteiger partial charge in [0.1, 0.15) is 11.6 Å². The Balaban J connectivity index is 1.98. The molecule has 0 heterocycles. The van der Waals surface area contributed by atoms with Crippen LogP contribution in [0.2, 0.25) is 0 Å². The Morgan fingerprint density at radius 1 is 1.00 bits per heavy atom. The smallest absolute Gasteiger partial charge is 0.251 e. The second kappa shape index (κ2) is 6.80. The molecule has 0 spiro atoms. The molecule has 0 radical (unpaired) electrons. The van der Waals surface area contributed by atoms with Gasteiger partial charge in [-0.1, -0.05) is 0 Å². The molecule has 0 atom stereocenters. The average Bonchev–Trinajstić information content (AvgIpc) is 2.44. The van der Waals surface area contributed by atoms with E-state index >= 15 is 0 Å². The van der Waals surface area contributed by atoms with Gasteiger partial charge in [-0.05, 0) is 42.0 Å². The van der Waals surface area contributed by atoms with Crippen LogP contribution in [0.25, 0.3) is 0 Å². The molecule has 0 unspecified atom stereocenters. The summed E-state index contributed by atoms with van der Waals surface area (Å²) in [6.07, 6.45) is 0. The van der Waals surface area contributed by atoms with Crippen LogP contribution in [-0.2, 0) is 11.3 Å². The van der Waals surface area contributed by atoms with E-state index in [4.69, 9.17) is 0 Å². The van der Waals surface area contributed by atoms with E-state index in [1.807, 2.05) is 0 Å². The van der Waals surface area contributed by atoms with Gasteiger partial charge in [-0.25, -0.2) is 8.78 Å². The summed E-state index contributed by atoms with van der Waals surface area (Å²) in [4.78, 5) is 22.8. The summed E-state index contributed by atoms with van der Waals surface area (Å²) >= 11 is 0. The van der Waals surface area contributed by atoms with Crippen LogP contribution in [0.15, 0.2) is 42.5 Å². The number of hydrogen-bond donors (Lipinski definition) is 2. The van der Waals surface area contributed by atoms with Gasteiger partial charge < -0.3 is 10.6 Å². The van der Waals surface area contributed by atoms with E-state index in [-0.39, 0.29) is 18.4 Å².